The Hall–Kier alpha value is -1.19. The fourth-order valence-electron chi connectivity index (χ4n) is 2.01. The van der Waals surface area contributed by atoms with E-state index >= 15 is 0 Å². The summed E-state index contributed by atoms with van der Waals surface area (Å²) in [6, 6.07) is 13.6. The van der Waals surface area contributed by atoms with Crippen molar-refractivity contribution in [2.45, 2.75) is 19.9 Å². The van der Waals surface area contributed by atoms with Gasteiger partial charge in [0, 0.05) is 6.54 Å². The summed E-state index contributed by atoms with van der Waals surface area (Å²) in [6.07, 6.45) is 0.981. The lowest BCUT2D eigenvalue weighted by molar-refractivity contribution is 0.612. The molecule has 0 atom stereocenters. The Kier molecular flexibility index (Phi) is 5.11. The van der Waals surface area contributed by atoms with E-state index in [1.807, 2.05) is 6.07 Å². The van der Waals surface area contributed by atoms with Gasteiger partial charge in [-0.3, -0.25) is 0 Å². The molecule has 2 rings (SSSR count). The lowest BCUT2D eigenvalue weighted by Crippen LogP contribution is -2.17. The molecule has 100 valence electrons. The van der Waals surface area contributed by atoms with Crippen LogP contribution in [0.2, 0.25) is 0 Å². The fraction of sp³-hybridized carbons (Fsp3) is 0.250. The van der Waals surface area contributed by atoms with E-state index < -0.39 is 0 Å². The van der Waals surface area contributed by atoms with Gasteiger partial charge in [0.15, 0.2) is 0 Å². The second-order valence-electron chi connectivity index (χ2n) is 4.63. The van der Waals surface area contributed by atoms with E-state index in [4.69, 9.17) is 0 Å². The molecule has 0 saturated heterocycles. The average Bonchev–Trinajstić information content (AvgIpc) is 2.39. The topological polar surface area (TPSA) is 12.0 Å². The van der Waals surface area contributed by atoms with E-state index in [-0.39, 0.29) is 5.82 Å². The summed E-state index contributed by atoms with van der Waals surface area (Å²) in [5.74, 6) is -0.210. The molecule has 0 saturated carbocycles. The molecule has 0 spiro atoms. The molecule has 3 heteroatoms. The lowest BCUT2D eigenvalue weighted by atomic mass is 10.1. The molecule has 0 aromatic heterocycles. The Labute approximate surface area is 122 Å². The molecule has 19 heavy (non-hydrogen) atoms. The highest BCUT2D eigenvalue weighted by atomic mass is 79.9. The van der Waals surface area contributed by atoms with Crippen molar-refractivity contribution < 1.29 is 4.39 Å². The first-order chi connectivity index (χ1) is 9.16. The van der Waals surface area contributed by atoms with Crippen LogP contribution in [0, 0.1) is 12.7 Å². The predicted octanol–water partition coefficient (Wildman–Crippen LogP) is 4.23. The molecule has 0 unspecified atom stereocenters. The van der Waals surface area contributed by atoms with Gasteiger partial charge in [-0.15, -0.1) is 0 Å². The minimum absolute atomic E-state index is 0.210. The molecule has 1 nitrogen and oxygen atoms in total. The molecule has 0 heterocycles. The number of hydrogen-bond acceptors (Lipinski definition) is 1. The van der Waals surface area contributed by atoms with Crippen molar-refractivity contribution in [1.29, 1.82) is 0 Å². The number of hydrogen-bond donors (Lipinski definition) is 1. The van der Waals surface area contributed by atoms with E-state index in [0.717, 1.165) is 18.5 Å². The van der Waals surface area contributed by atoms with Gasteiger partial charge < -0.3 is 5.32 Å². The first-order valence-corrected chi connectivity index (χ1v) is 7.15. The number of aryl methyl sites for hydroxylation is 1. The van der Waals surface area contributed by atoms with Crippen LogP contribution in [0.25, 0.3) is 0 Å². The highest BCUT2D eigenvalue weighted by Gasteiger charge is 2.04. The number of benzene rings is 2. The summed E-state index contributed by atoms with van der Waals surface area (Å²) in [6.45, 7) is 3.65. The second kappa shape index (κ2) is 6.83. The van der Waals surface area contributed by atoms with E-state index in [1.165, 1.54) is 17.2 Å². The second-order valence-corrected chi connectivity index (χ2v) is 5.42. The summed E-state index contributed by atoms with van der Waals surface area (Å²) < 4.78 is 13.9. The molecule has 0 amide bonds. The van der Waals surface area contributed by atoms with Crippen LogP contribution in [0.4, 0.5) is 4.39 Å². The Morgan fingerprint density at radius 1 is 1.16 bits per heavy atom. The zero-order valence-corrected chi connectivity index (χ0v) is 12.5. The molecule has 0 bridgehead atoms. The van der Waals surface area contributed by atoms with Gasteiger partial charge in [0.2, 0.25) is 0 Å². The zero-order chi connectivity index (χ0) is 13.7. The highest BCUT2D eigenvalue weighted by molar-refractivity contribution is 9.10. The van der Waals surface area contributed by atoms with Crippen LogP contribution in [-0.2, 0) is 13.0 Å². The minimum atomic E-state index is -0.210. The summed E-state index contributed by atoms with van der Waals surface area (Å²) in [4.78, 5) is 0. The zero-order valence-electron chi connectivity index (χ0n) is 10.9. The molecule has 1 N–H and O–H groups in total. The molecule has 0 aliphatic carbocycles. The number of halogens is 2. The fourth-order valence-corrected chi connectivity index (χ4v) is 2.41. The van der Waals surface area contributed by atoms with E-state index in [9.17, 15) is 4.39 Å². The number of rotatable bonds is 5. The van der Waals surface area contributed by atoms with Crippen molar-refractivity contribution in [3.63, 3.8) is 0 Å². The molecule has 0 aliphatic heterocycles. The normalized spacial score (nSPS) is 10.7. The van der Waals surface area contributed by atoms with Crippen LogP contribution < -0.4 is 5.32 Å². The maximum Gasteiger partial charge on any atom is 0.137 e. The maximum absolute atomic E-state index is 13.3. The van der Waals surface area contributed by atoms with Gasteiger partial charge in [0.25, 0.3) is 0 Å². The first-order valence-electron chi connectivity index (χ1n) is 6.36. The van der Waals surface area contributed by atoms with Crippen LogP contribution >= 0.6 is 15.9 Å². The third kappa shape index (κ3) is 4.15. The molecular weight excluding hydrogens is 305 g/mol. The Bertz CT molecular complexity index is 554. The summed E-state index contributed by atoms with van der Waals surface area (Å²) in [5.41, 5.74) is 3.56. The van der Waals surface area contributed by atoms with Crippen molar-refractivity contribution >= 4 is 15.9 Å². The third-order valence-electron chi connectivity index (χ3n) is 3.02. The highest BCUT2D eigenvalue weighted by Crippen LogP contribution is 2.20. The molecule has 2 aromatic rings. The van der Waals surface area contributed by atoms with E-state index in [0.29, 0.717) is 11.0 Å². The Morgan fingerprint density at radius 2 is 1.95 bits per heavy atom. The van der Waals surface area contributed by atoms with Gasteiger partial charge in [0.05, 0.1) is 4.47 Å². The van der Waals surface area contributed by atoms with Gasteiger partial charge in [-0.25, -0.2) is 4.39 Å². The van der Waals surface area contributed by atoms with Gasteiger partial charge in [-0.05, 0) is 53.0 Å². The van der Waals surface area contributed by atoms with Gasteiger partial charge in [-0.1, -0.05) is 42.0 Å². The molecule has 0 aliphatic rings. The van der Waals surface area contributed by atoms with E-state index in [1.54, 1.807) is 6.07 Å². The summed E-state index contributed by atoms with van der Waals surface area (Å²) in [5, 5.41) is 3.34. The van der Waals surface area contributed by atoms with Crippen molar-refractivity contribution in [3.05, 3.63) is 69.4 Å². The molecule has 0 radical (unpaired) electrons. The van der Waals surface area contributed by atoms with Gasteiger partial charge >= 0.3 is 0 Å². The van der Waals surface area contributed by atoms with Crippen LogP contribution in [0.3, 0.4) is 0 Å². The quantitative estimate of drug-likeness (QED) is 0.813. The molecule has 0 fully saturated rings. The first kappa shape index (κ1) is 14.2. The Balaban J connectivity index is 1.82. The summed E-state index contributed by atoms with van der Waals surface area (Å²) >= 11 is 3.27. The van der Waals surface area contributed by atoms with Crippen LogP contribution in [-0.4, -0.2) is 6.54 Å². The molecular formula is C16H17BrFN. The Morgan fingerprint density at radius 3 is 2.74 bits per heavy atom. The monoisotopic (exact) mass is 321 g/mol. The largest absolute Gasteiger partial charge is 0.312 e. The SMILES string of the molecule is Cc1cccc(CCNCc2cccc(F)c2Br)c1. The van der Waals surface area contributed by atoms with Crippen LogP contribution in [0.5, 0.6) is 0 Å². The smallest absolute Gasteiger partial charge is 0.137 e. The standard InChI is InChI=1S/C16H17BrFN/c1-12-4-2-5-13(10-12)8-9-19-11-14-6-3-7-15(18)16(14)17/h2-7,10,19H,8-9,11H2,1H3. The summed E-state index contributed by atoms with van der Waals surface area (Å²) in [7, 11) is 0. The minimum Gasteiger partial charge on any atom is -0.312 e. The van der Waals surface area contributed by atoms with Crippen molar-refractivity contribution in [2.24, 2.45) is 0 Å². The van der Waals surface area contributed by atoms with Gasteiger partial charge in [-0.2, -0.15) is 0 Å². The third-order valence-corrected chi connectivity index (χ3v) is 3.91. The van der Waals surface area contributed by atoms with Gasteiger partial charge in [0.1, 0.15) is 5.82 Å². The maximum atomic E-state index is 13.3. The average molecular weight is 322 g/mol. The molecule has 2 aromatic carbocycles. The lowest BCUT2D eigenvalue weighted by Gasteiger charge is -2.08. The van der Waals surface area contributed by atoms with Crippen LogP contribution in [0.15, 0.2) is 46.9 Å². The van der Waals surface area contributed by atoms with Crippen molar-refractivity contribution in [3.8, 4) is 0 Å². The predicted molar refractivity (Wildman–Crippen MR) is 80.7 cm³/mol. The van der Waals surface area contributed by atoms with Crippen molar-refractivity contribution in [2.75, 3.05) is 6.54 Å². The van der Waals surface area contributed by atoms with Crippen molar-refractivity contribution in [1.82, 2.24) is 5.32 Å². The van der Waals surface area contributed by atoms with Crippen LogP contribution in [0.1, 0.15) is 16.7 Å². The number of nitrogens with one attached hydrogen (secondary N) is 1. The van der Waals surface area contributed by atoms with E-state index in [2.05, 4.69) is 52.4 Å².